The number of likely N-dealkylation sites (N-methyl/N-ethyl adjacent to an activating group) is 1. The van der Waals surface area contributed by atoms with E-state index in [1.54, 1.807) is 0 Å². The quantitative estimate of drug-likeness (QED) is 0.647. The molecule has 0 aliphatic carbocycles. The largest absolute Gasteiger partial charge is 0.285 e. The van der Waals surface area contributed by atoms with E-state index >= 15 is 0 Å². The van der Waals surface area contributed by atoms with E-state index < -0.39 is 0 Å². The minimum atomic E-state index is -0.241. The van der Waals surface area contributed by atoms with Crippen molar-refractivity contribution < 1.29 is 19.2 Å². The van der Waals surface area contributed by atoms with Crippen molar-refractivity contribution in [3.63, 3.8) is 0 Å². The van der Waals surface area contributed by atoms with Crippen molar-refractivity contribution in [2.75, 3.05) is 20.4 Å². The maximum Gasteiger partial charge on any atom is 0.253 e. The number of imide groups is 2. The Morgan fingerprint density at radius 1 is 1.05 bits per heavy atom. The summed E-state index contributed by atoms with van der Waals surface area (Å²) in [6.45, 7) is 0. The summed E-state index contributed by atoms with van der Waals surface area (Å²) in [7, 11) is 2.98. The highest BCUT2D eigenvalue weighted by molar-refractivity contribution is 8.00. The molecule has 7 heteroatoms. The van der Waals surface area contributed by atoms with Crippen LogP contribution in [-0.2, 0) is 19.2 Å². The van der Waals surface area contributed by atoms with Crippen LogP contribution in [0.15, 0.2) is 12.2 Å². The van der Waals surface area contributed by atoms with Gasteiger partial charge in [-0.2, -0.15) is 11.8 Å². The molecule has 1 atom stereocenters. The van der Waals surface area contributed by atoms with Crippen molar-refractivity contribution in [3.05, 3.63) is 12.2 Å². The summed E-state index contributed by atoms with van der Waals surface area (Å²) >= 11 is 1.44. The third-order valence-corrected chi connectivity index (χ3v) is 3.59. The molecule has 0 radical (unpaired) electrons. The molecule has 0 aromatic carbocycles. The zero-order valence-corrected chi connectivity index (χ0v) is 11.2. The number of carbonyl (C=O) groups is 4. The molecule has 2 heterocycles. The molecule has 0 spiro atoms. The van der Waals surface area contributed by atoms with Gasteiger partial charge in [0, 0.05) is 32.7 Å². The lowest BCUT2D eigenvalue weighted by Crippen LogP contribution is -2.26. The zero-order valence-electron chi connectivity index (χ0n) is 10.4. The number of hydrogen-bond donors (Lipinski definition) is 0. The molecule has 106 valence electrons. The first-order valence-corrected chi connectivity index (χ1v) is 6.50. The Morgan fingerprint density at radius 3 is 1.68 bits per heavy atom. The Balaban J connectivity index is 0.000000331. The summed E-state index contributed by atoms with van der Waals surface area (Å²) in [5.41, 5.74) is 0. The van der Waals surface area contributed by atoms with E-state index in [0.717, 1.165) is 4.90 Å². The normalized spacial score (nSPS) is 21.5. The third kappa shape index (κ3) is 3.92. The molecule has 1 unspecified atom stereocenters. The summed E-state index contributed by atoms with van der Waals surface area (Å²) in [6, 6.07) is 0. The SMILES string of the molecule is C.CN1C(=O)C=CC1=O.CSC1CC(=O)N(C)C1=O. The Kier molecular flexibility index (Phi) is 6.47. The van der Waals surface area contributed by atoms with Crippen molar-refractivity contribution in [2.24, 2.45) is 0 Å². The first-order chi connectivity index (χ1) is 8.38. The van der Waals surface area contributed by atoms with Crippen molar-refractivity contribution in [1.82, 2.24) is 9.80 Å². The Labute approximate surface area is 116 Å². The van der Waals surface area contributed by atoms with Crippen LogP contribution < -0.4 is 0 Å². The summed E-state index contributed by atoms with van der Waals surface area (Å²) in [4.78, 5) is 44.9. The molecule has 2 rings (SSSR count). The van der Waals surface area contributed by atoms with Crippen molar-refractivity contribution in [2.45, 2.75) is 19.1 Å². The van der Waals surface area contributed by atoms with Gasteiger partial charge in [0.05, 0.1) is 5.25 Å². The molecule has 0 aromatic heterocycles. The molecule has 6 nitrogen and oxygen atoms in total. The fourth-order valence-electron chi connectivity index (χ4n) is 1.38. The standard InChI is InChI=1S/C6H9NO2S.C5H5NO2.CH4/c1-7-5(8)3-4(10-2)6(7)9;1-6-4(7)2-3-5(6)8;/h4H,3H2,1-2H3;2-3H,1H3;1H4. The Bertz CT molecular complexity index is 415. The van der Waals surface area contributed by atoms with E-state index in [0.29, 0.717) is 6.42 Å². The van der Waals surface area contributed by atoms with Crippen molar-refractivity contribution >= 4 is 35.4 Å². The van der Waals surface area contributed by atoms with Crippen LogP contribution in [0, 0.1) is 0 Å². The van der Waals surface area contributed by atoms with Crippen LogP contribution in [0.25, 0.3) is 0 Å². The van der Waals surface area contributed by atoms with E-state index in [1.165, 1.54) is 42.9 Å². The van der Waals surface area contributed by atoms with Crippen LogP contribution in [0.3, 0.4) is 0 Å². The van der Waals surface area contributed by atoms with E-state index in [-0.39, 0.29) is 36.3 Å². The van der Waals surface area contributed by atoms with Crippen LogP contribution in [0.4, 0.5) is 0 Å². The predicted octanol–water partition coefficient (Wildman–Crippen LogP) is 0.284. The summed E-state index contributed by atoms with van der Waals surface area (Å²) < 4.78 is 0. The van der Waals surface area contributed by atoms with E-state index in [9.17, 15) is 19.2 Å². The second kappa shape index (κ2) is 7.08. The minimum absolute atomic E-state index is 0. The summed E-state index contributed by atoms with van der Waals surface area (Å²) in [5.74, 6) is -0.605. The molecule has 4 amide bonds. The van der Waals surface area contributed by atoms with Gasteiger partial charge in [0.25, 0.3) is 11.8 Å². The second-order valence-corrected chi connectivity index (χ2v) is 4.83. The molecule has 1 saturated heterocycles. The highest BCUT2D eigenvalue weighted by Crippen LogP contribution is 2.21. The van der Waals surface area contributed by atoms with Gasteiger partial charge in [-0.15, -0.1) is 0 Å². The number of carbonyl (C=O) groups excluding carboxylic acids is 4. The second-order valence-electron chi connectivity index (χ2n) is 3.79. The average molecular weight is 286 g/mol. The molecule has 0 N–H and O–H groups in total. The van der Waals surface area contributed by atoms with Crippen LogP contribution >= 0.6 is 11.8 Å². The van der Waals surface area contributed by atoms with Gasteiger partial charge in [0.15, 0.2) is 0 Å². The Hall–Kier alpha value is -1.63. The lowest BCUT2D eigenvalue weighted by Gasteiger charge is -2.04. The number of likely N-dealkylation sites (tertiary alicyclic amines) is 1. The molecule has 2 aliphatic heterocycles. The van der Waals surface area contributed by atoms with Crippen LogP contribution in [0.1, 0.15) is 13.8 Å². The number of rotatable bonds is 1. The van der Waals surface area contributed by atoms with Crippen LogP contribution in [0.5, 0.6) is 0 Å². The monoisotopic (exact) mass is 286 g/mol. The number of thioether (sulfide) groups is 1. The third-order valence-electron chi connectivity index (χ3n) is 2.65. The molecule has 2 aliphatic rings. The van der Waals surface area contributed by atoms with E-state index in [4.69, 9.17) is 0 Å². The van der Waals surface area contributed by atoms with Gasteiger partial charge in [0.2, 0.25) is 11.8 Å². The first kappa shape index (κ1) is 17.4. The number of nitrogens with zero attached hydrogens (tertiary/aromatic N) is 2. The van der Waals surface area contributed by atoms with Gasteiger partial charge in [-0.1, -0.05) is 7.43 Å². The van der Waals surface area contributed by atoms with E-state index in [2.05, 4.69) is 0 Å². The molecule has 19 heavy (non-hydrogen) atoms. The maximum atomic E-state index is 11.0. The summed E-state index contributed by atoms with van der Waals surface area (Å²) in [5, 5.41) is -0.127. The van der Waals surface area contributed by atoms with Gasteiger partial charge < -0.3 is 0 Å². The maximum absolute atomic E-state index is 11.0. The topological polar surface area (TPSA) is 74.8 Å². The zero-order chi connectivity index (χ0) is 13.9. The van der Waals surface area contributed by atoms with Gasteiger partial charge >= 0.3 is 0 Å². The molecular formula is C12H18N2O4S. The van der Waals surface area contributed by atoms with Gasteiger partial charge in [0.1, 0.15) is 0 Å². The molecule has 1 fully saturated rings. The smallest absolute Gasteiger partial charge is 0.253 e. The fourth-order valence-corrected chi connectivity index (χ4v) is 2.05. The average Bonchev–Trinajstić information content (AvgIpc) is 2.78. The summed E-state index contributed by atoms with van der Waals surface area (Å²) in [6.07, 6.45) is 4.72. The van der Waals surface area contributed by atoms with Gasteiger partial charge in [-0.05, 0) is 6.26 Å². The van der Waals surface area contributed by atoms with Gasteiger partial charge in [-0.3, -0.25) is 29.0 Å². The van der Waals surface area contributed by atoms with Crippen LogP contribution in [0.2, 0.25) is 0 Å². The highest BCUT2D eigenvalue weighted by Gasteiger charge is 2.34. The predicted molar refractivity (Wildman–Crippen MR) is 73.3 cm³/mol. The highest BCUT2D eigenvalue weighted by atomic mass is 32.2. The van der Waals surface area contributed by atoms with Crippen LogP contribution in [-0.4, -0.2) is 59.0 Å². The number of amides is 4. The first-order valence-electron chi connectivity index (χ1n) is 5.21. The molecule has 0 bridgehead atoms. The van der Waals surface area contributed by atoms with Crippen molar-refractivity contribution in [1.29, 1.82) is 0 Å². The Morgan fingerprint density at radius 2 is 1.53 bits per heavy atom. The lowest BCUT2D eigenvalue weighted by atomic mass is 10.4. The van der Waals surface area contributed by atoms with Gasteiger partial charge in [-0.25, -0.2) is 0 Å². The molecule has 0 saturated carbocycles. The molecule has 0 aromatic rings. The fraction of sp³-hybridized carbons (Fsp3) is 0.500. The molecular weight excluding hydrogens is 268 g/mol. The van der Waals surface area contributed by atoms with E-state index in [1.807, 2.05) is 6.26 Å². The minimum Gasteiger partial charge on any atom is -0.285 e. The lowest BCUT2D eigenvalue weighted by molar-refractivity contribution is -0.137. The van der Waals surface area contributed by atoms with Crippen molar-refractivity contribution in [3.8, 4) is 0 Å². The number of hydrogen-bond acceptors (Lipinski definition) is 5.